The first kappa shape index (κ1) is 16.4. The summed E-state index contributed by atoms with van der Waals surface area (Å²) in [7, 11) is -3.50. The molecular weight excluding hydrogens is 338 g/mol. The van der Waals surface area contributed by atoms with Gasteiger partial charge in [-0.05, 0) is 36.5 Å². The summed E-state index contributed by atoms with van der Waals surface area (Å²) in [6.45, 7) is 2.31. The van der Waals surface area contributed by atoms with Gasteiger partial charge in [0.05, 0.1) is 0 Å². The van der Waals surface area contributed by atoms with Crippen LogP contribution in [0.4, 0.5) is 0 Å². The van der Waals surface area contributed by atoms with Gasteiger partial charge < -0.3 is 9.88 Å². The average molecular weight is 359 g/mol. The number of H-pyrrole nitrogens is 1. The lowest BCUT2D eigenvalue weighted by Gasteiger charge is -2.28. The van der Waals surface area contributed by atoms with E-state index in [-0.39, 0.29) is 10.8 Å². The molecule has 4 rings (SSSR count). The number of rotatable bonds is 3. The van der Waals surface area contributed by atoms with Gasteiger partial charge in [-0.1, -0.05) is 24.3 Å². The number of carbonyl (C=O) groups excluding carboxylic acids is 1. The van der Waals surface area contributed by atoms with Crippen LogP contribution in [0.25, 0.3) is 0 Å². The number of sulfonamides is 1. The smallest absolute Gasteiger partial charge is 0.270 e. The molecule has 1 saturated heterocycles. The van der Waals surface area contributed by atoms with Gasteiger partial charge in [0, 0.05) is 32.4 Å². The summed E-state index contributed by atoms with van der Waals surface area (Å²) in [5.74, 6) is -0.155. The molecule has 1 aromatic heterocycles. The third-order valence-corrected chi connectivity index (χ3v) is 6.88. The molecule has 1 amide bonds. The first-order valence-corrected chi connectivity index (χ1v) is 10.0. The highest BCUT2D eigenvalue weighted by molar-refractivity contribution is 7.89. The highest BCUT2D eigenvalue weighted by Crippen LogP contribution is 2.24. The van der Waals surface area contributed by atoms with E-state index in [9.17, 15) is 13.2 Å². The molecule has 6 nitrogen and oxygen atoms in total. The minimum atomic E-state index is -3.50. The number of carbonyl (C=O) groups is 1. The zero-order valence-corrected chi connectivity index (χ0v) is 14.8. The molecule has 0 unspecified atom stereocenters. The highest BCUT2D eigenvalue weighted by Gasteiger charge is 2.30. The van der Waals surface area contributed by atoms with Crippen molar-refractivity contribution in [3.05, 3.63) is 53.3 Å². The molecule has 7 heteroatoms. The number of aromatic amines is 1. The van der Waals surface area contributed by atoms with E-state index in [1.807, 2.05) is 18.2 Å². The monoisotopic (exact) mass is 359 g/mol. The Bertz CT molecular complexity index is 898. The molecule has 2 aliphatic rings. The summed E-state index contributed by atoms with van der Waals surface area (Å²) in [5, 5.41) is 0. The van der Waals surface area contributed by atoms with Crippen molar-refractivity contribution in [1.82, 2.24) is 14.2 Å². The standard InChI is InChI=1S/C18H21N3O3S/c22-18(20-10-7-14-5-1-2-6-15(14)13-20)17-11-16(12-19-17)25(23,24)21-8-3-4-9-21/h1-2,5-6,11-12,19H,3-4,7-10,13H2. The van der Waals surface area contributed by atoms with E-state index in [0.717, 1.165) is 24.8 Å². The molecule has 2 aliphatic heterocycles. The number of aromatic nitrogens is 1. The molecule has 1 fully saturated rings. The van der Waals surface area contributed by atoms with Gasteiger partial charge in [0.15, 0.2) is 0 Å². The van der Waals surface area contributed by atoms with Crippen LogP contribution in [0.3, 0.4) is 0 Å². The van der Waals surface area contributed by atoms with Crippen molar-refractivity contribution < 1.29 is 13.2 Å². The zero-order valence-electron chi connectivity index (χ0n) is 13.9. The van der Waals surface area contributed by atoms with E-state index < -0.39 is 10.0 Å². The van der Waals surface area contributed by atoms with Crippen LogP contribution in [0.15, 0.2) is 41.4 Å². The fraction of sp³-hybridized carbons (Fsp3) is 0.389. The molecule has 0 bridgehead atoms. The maximum Gasteiger partial charge on any atom is 0.270 e. The molecule has 0 spiro atoms. The molecule has 0 saturated carbocycles. The summed E-state index contributed by atoms with van der Waals surface area (Å²) in [4.78, 5) is 17.6. The van der Waals surface area contributed by atoms with Crippen LogP contribution in [0.1, 0.15) is 34.5 Å². The van der Waals surface area contributed by atoms with Crippen LogP contribution in [0, 0.1) is 0 Å². The molecule has 0 atom stereocenters. The molecule has 1 aromatic carbocycles. The van der Waals surface area contributed by atoms with Crippen LogP contribution in [-0.2, 0) is 23.0 Å². The molecule has 25 heavy (non-hydrogen) atoms. The molecule has 2 aromatic rings. The first-order valence-electron chi connectivity index (χ1n) is 8.60. The second-order valence-corrected chi connectivity index (χ2v) is 8.54. The van der Waals surface area contributed by atoms with Gasteiger partial charge >= 0.3 is 0 Å². The summed E-state index contributed by atoms with van der Waals surface area (Å²) >= 11 is 0. The van der Waals surface area contributed by atoms with Crippen molar-refractivity contribution in [2.24, 2.45) is 0 Å². The zero-order chi connectivity index (χ0) is 17.4. The number of amides is 1. The van der Waals surface area contributed by atoms with Crippen LogP contribution in [-0.4, -0.2) is 48.1 Å². The summed E-state index contributed by atoms with van der Waals surface area (Å²) in [6.07, 6.45) is 4.03. The van der Waals surface area contributed by atoms with Crippen molar-refractivity contribution >= 4 is 15.9 Å². The van der Waals surface area contributed by atoms with Crippen molar-refractivity contribution in [2.45, 2.75) is 30.7 Å². The third kappa shape index (κ3) is 2.98. The number of benzene rings is 1. The van der Waals surface area contributed by atoms with Gasteiger partial charge in [-0.2, -0.15) is 4.31 Å². The Balaban J connectivity index is 1.53. The Morgan fingerprint density at radius 2 is 1.76 bits per heavy atom. The Morgan fingerprint density at radius 1 is 1.04 bits per heavy atom. The van der Waals surface area contributed by atoms with Gasteiger partial charge in [-0.3, -0.25) is 4.79 Å². The fourth-order valence-corrected chi connectivity index (χ4v) is 5.08. The maximum atomic E-state index is 12.8. The number of hydrogen-bond donors (Lipinski definition) is 1. The number of hydrogen-bond acceptors (Lipinski definition) is 3. The Kier molecular flexibility index (Phi) is 4.13. The summed E-state index contributed by atoms with van der Waals surface area (Å²) < 4.78 is 26.7. The molecule has 1 N–H and O–H groups in total. The van der Waals surface area contributed by atoms with E-state index >= 15 is 0 Å². The quantitative estimate of drug-likeness (QED) is 0.911. The van der Waals surface area contributed by atoms with Crippen molar-refractivity contribution in [3.63, 3.8) is 0 Å². The van der Waals surface area contributed by atoms with E-state index in [1.54, 1.807) is 4.90 Å². The van der Waals surface area contributed by atoms with Gasteiger partial charge in [-0.15, -0.1) is 0 Å². The highest BCUT2D eigenvalue weighted by atomic mass is 32.2. The normalized spacial score (nSPS) is 18.3. The molecule has 0 radical (unpaired) electrons. The number of nitrogens with zero attached hydrogens (tertiary/aromatic N) is 2. The van der Waals surface area contributed by atoms with Crippen molar-refractivity contribution in [2.75, 3.05) is 19.6 Å². The predicted octanol–water partition coefficient (Wildman–Crippen LogP) is 2.00. The average Bonchev–Trinajstić information content (AvgIpc) is 3.32. The van der Waals surface area contributed by atoms with Gasteiger partial charge in [-0.25, -0.2) is 8.42 Å². The van der Waals surface area contributed by atoms with E-state index in [1.165, 1.54) is 22.1 Å². The lowest BCUT2D eigenvalue weighted by atomic mass is 10.00. The van der Waals surface area contributed by atoms with Gasteiger partial charge in [0.1, 0.15) is 10.6 Å². The molecular formula is C18H21N3O3S. The Labute approximate surface area is 147 Å². The predicted molar refractivity (Wildman–Crippen MR) is 93.7 cm³/mol. The number of fused-ring (bicyclic) bond motifs is 1. The van der Waals surface area contributed by atoms with Crippen LogP contribution in [0.2, 0.25) is 0 Å². The number of nitrogens with one attached hydrogen (secondary N) is 1. The lowest BCUT2D eigenvalue weighted by molar-refractivity contribution is 0.0729. The summed E-state index contributed by atoms with van der Waals surface area (Å²) in [6, 6.07) is 9.58. The van der Waals surface area contributed by atoms with E-state index in [4.69, 9.17) is 0 Å². The maximum absolute atomic E-state index is 12.8. The van der Waals surface area contributed by atoms with Gasteiger partial charge in [0.25, 0.3) is 5.91 Å². The summed E-state index contributed by atoms with van der Waals surface area (Å²) in [5.41, 5.74) is 2.76. The fourth-order valence-electron chi connectivity index (χ4n) is 3.56. The minimum absolute atomic E-state index is 0.155. The SMILES string of the molecule is O=C(c1cc(S(=O)(=O)N2CCCC2)c[nH]1)N1CCc2ccccc2C1. The Morgan fingerprint density at radius 3 is 2.52 bits per heavy atom. The van der Waals surface area contributed by atoms with Crippen LogP contribution < -0.4 is 0 Å². The largest absolute Gasteiger partial charge is 0.356 e. The first-order chi connectivity index (χ1) is 12.1. The van der Waals surface area contributed by atoms with Crippen LogP contribution in [0.5, 0.6) is 0 Å². The third-order valence-electron chi connectivity index (χ3n) is 5.01. The topological polar surface area (TPSA) is 73.5 Å². The second kappa shape index (κ2) is 6.31. The van der Waals surface area contributed by atoms with Gasteiger partial charge in [0.2, 0.25) is 10.0 Å². The lowest BCUT2D eigenvalue weighted by Crippen LogP contribution is -2.36. The second-order valence-electron chi connectivity index (χ2n) is 6.61. The van der Waals surface area contributed by atoms with Crippen LogP contribution >= 0.6 is 0 Å². The minimum Gasteiger partial charge on any atom is -0.356 e. The molecule has 0 aliphatic carbocycles. The van der Waals surface area contributed by atoms with E-state index in [2.05, 4.69) is 11.1 Å². The van der Waals surface area contributed by atoms with Crippen molar-refractivity contribution in [3.8, 4) is 0 Å². The molecule has 132 valence electrons. The van der Waals surface area contributed by atoms with Crippen molar-refractivity contribution in [1.29, 1.82) is 0 Å². The Hall–Kier alpha value is -2.12. The van der Waals surface area contributed by atoms with E-state index in [0.29, 0.717) is 31.9 Å². The molecule has 3 heterocycles.